The van der Waals surface area contributed by atoms with E-state index >= 15 is 0 Å². The molecule has 0 bridgehead atoms. The van der Waals surface area contributed by atoms with E-state index in [0.717, 1.165) is 10.1 Å². The zero-order valence-corrected chi connectivity index (χ0v) is 16.1. The van der Waals surface area contributed by atoms with Crippen molar-refractivity contribution in [1.29, 1.82) is 0 Å². The fraction of sp³-hybridized carbons (Fsp3) is 0.500. The Balaban J connectivity index is 2.22. The lowest BCUT2D eigenvalue weighted by Crippen LogP contribution is -2.51. The van der Waals surface area contributed by atoms with E-state index in [9.17, 15) is 18.0 Å². The summed E-state index contributed by atoms with van der Waals surface area (Å²) in [6.07, 6.45) is 0. The van der Waals surface area contributed by atoms with Crippen LogP contribution < -0.4 is 0 Å². The third kappa shape index (κ3) is 4.34. The van der Waals surface area contributed by atoms with Gasteiger partial charge in [-0.2, -0.15) is 11.8 Å². The summed E-state index contributed by atoms with van der Waals surface area (Å²) in [5.74, 6) is 0.536. The van der Waals surface area contributed by atoms with E-state index in [1.165, 1.54) is 43.3 Å². The molecule has 0 saturated carbocycles. The first-order valence-corrected chi connectivity index (χ1v) is 10.5. The fourth-order valence-corrected chi connectivity index (χ4v) is 4.36. The Morgan fingerprint density at radius 3 is 2.48 bits per heavy atom. The molecule has 0 spiro atoms. The highest BCUT2D eigenvalue weighted by molar-refractivity contribution is 7.99. The molecular weight excluding hydrogens is 364 g/mol. The molecule has 0 aromatic heterocycles. The smallest absolute Gasteiger partial charge is 0.329 e. The molecule has 1 unspecified atom stereocenters. The molecule has 1 saturated heterocycles. The SMILES string of the molecule is CCOC(=O)C1CSCCN1C(=O)c1ccc(S(=O)(=O)N(C)C)cc1. The number of sulfonamides is 1. The largest absolute Gasteiger partial charge is 0.464 e. The van der Waals surface area contributed by atoms with Gasteiger partial charge in [-0.05, 0) is 31.2 Å². The minimum Gasteiger partial charge on any atom is -0.464 e. The molecule has 0 radical (unpaired) electrons. The van der Waals surface area contributed by atoms with E-state index in [2.05, 4.69) is 0 Å². The molecule has 7 nitrogen and oxygen atoms in total. The summed E-state index contributed by atoms with van der Waals surface area (Å²) in [4.78, 5) is 26.5. The molecule has 0 aliphatic carbocycles. The van der Waals surface area contributed by atoms with Gasteiger partial charge in [0, 0.05) is 37.7 Å². The Morgan fingerprint density at radius 2 is 1.92 bits per heavy atom. The van der Waals surface area contributed by atoms with E-state index < -0.39 is 22.0 Å². The molecule has 1 aliphatic heterocycles. The van der Waals surface area contributed by atoms with Crippen molar-refractivity contribution in [2.45, 2.75) is 17.9 Å². The van der Waals surface area contributed by atoms with Gasteiger partial charge in [0.05, 0.1) is 11.5 Å². The molecule has 1 heterocycles. The number of nitrogens with zero attached hydrogens (tertiary/aromatic N) is 2. The number of rotatable bonds is 5. The van der Waals surface area contributed by atoms with Crippen LogP contribution in [0.25, 0.3) is 0 Å². The number of hydrogen-bond acceptors (Lipinski definition) is 6. The minimum atomic E-state index is -3.54. The summed E-state index contributed by atoms with van der Waals surface area (Å²) < 4.78 is 30.4. The van der Waals surface area contributed by atoms with Crippen LogP contribution in [0.1, 0.15) is 17.3 Å². The van der Waals surface area contributed by atoms with Crippen LogP contribution in [0.4, 0.5) is 0 Å². The highest BCUT2D eigenvalue weighted by Gasteiger charge is 2.34. The molecule has 1 aromatic carbocycles. The van der Waals surface area contributed by atoms with Gasteiger partial charge in [-0.25, -0.2) is 17.5 Å². The fourth-order valence-electron chi connectivity index (χ4n) is 2.43. The van der Waals surface area contributed by atoms with Crippen molar-refractivity contribution in [3.63, 3.8) is 0 Å². The Morgan fingerprint density at radius 1 is 1.28 bits per heavy atom. The number of thioether (sulfide) groups is 1. The maximum absolute atomic E-state index is 12.8. The second kappa shape index (κ2) is 8.20. The maximum atomic E-state index is 12.8. The van der Waals surface area contributed by atoms with Crippen molar-refractivity contribution >= 4 is 33.7 Å². The third-order valence-corrected chi connectivity index (χ3v) is 6.68. The second-order valence-electron chi connectivity index (χ2n) is 5.65. The third-order valence-electron chi connectivity index (χ3n) is 3.83. The monoisotopic (exact) mass is 386 g/mol. The highest BCUT2D eigenvalue weighted by atomic mass is 32.2. The molecule has 9 heteroatoms. The first-order valence-electron chi connectivity index (χ1n) is 7.87. The Kier molecular flexibility index (Phi) is 6.47. The van der Waals surface area contributed by atoms with Crippen molar-refractivity contribution in [3.05, 3.63) is 29.8 Å². The van der Waals surface area contributed by atoms with Gasteiger partial charge in [-0.1, -0.05) is 0 Å². The lowest BCUT2D eigenvalue weighted by atomic mass is 10.1. The molecule has 1 atom stereocenters. The normalized spacial score (nSPS) is 18.2. The number of esters is 1. The van der Waals surface area contributed by atoms with E-state index in [-0.39, 0.29) is 17.4 Å². The van der Waals surface area contributed by atoms with Crippen molar-refractivity contribution in [1.82, 2.24) is 9.21 Å². The zero-order valence-electron chi connectivity index (χ0n) is 14.5. The summed E-state index contributed by atoms with van der Waals surface area (Å²) in [5.41, 5.74) is 0.346. The van der Waals surface area contributed by atoms with Gasteiger partial charge in [0.2, 0.25) is 10.0 Å². The summed E-state index contributed by atoms with van der Waals surface area (Å²) in [6, 6.07) is 5.14. The first kappa shape index (κ1) is 19.7. The van der Waals surface area contributed by atoms with Crippen LogP contribution in [0.5, 0.6) is 0 Å². The molecule has 1 amide bonds. The lowest BCUT2D eigenvalue weighted by molar-refractivity contribution is -0.147. The topological polar surface area (TPSA) is 84.0 Å². The van der Waals surface area contributed by atoms with Crippen molar-refractivity contribution in [2.24, 2.45) is 0 Å². The predicted molar refractivity (Wildman–Crippen MR) is 96.1 cm³/mol. The predicted octanol–water partition coefficient (Wildman–Crippen LogP) is 1.06. The maximum Gasteiger partial charge on any atom is 0.329 e. The van der Waals surface area contributed by atoms with Gasteiger partial charge in [0.1, 0.15) is 6.04 Å². The number of amides is 1. The van der Waals surface area contributed by atoms with Crippen LogP contribution in [-0.4, -0.2) is 74.3 Å². The van der Waals surface area contributed by atoms with E-state index in [1.807, 2.05) is 0 Å². The van der Waals surface area contributed by atoms with E-state index in [1.54, 1.807) is 18.7 Å². The van der Waals surface area contributed by atoms with Gasteiger partial charge in [-0.15, -0.1) is 0 Å². The zero-order chi connectivity index (χ0) is 18.6. The molecule has 138 valence electrons. The van der Waals surface area contributed by atoms with Crippen molar-refractivity contribution in [2.75, 3.05) is 38.8 Å². The number of carbonyl (C=O) groups excluding carboxylic acids is 2. The van der Waals surface area contributed by atoms with Crippen LogP contribution in [0.2, 0.25) is 0 Å². The summed E-state index contributed by atoms with van der Waals surface area (Å²) in [5, 5.41) is 0. The van der Waals surface area contributed by atoms with E-state index in [0.29, 0.717) is 17.9 Å². The van der Waals surface area contributed by atoms with Crippen LogP contribution in [-0.2, 0) is 19.6 Å². The molecule has 1 aliphatic rings. The average molecular weight is 386 g/mol. The number of carbonyl (C=O) groups is 2. The average Bonchev–Trinajstić information content (AvgIpc) is 2.61. The summed E-state index contributed by atoms with van der Waals surface area (Å²) in [6.45, 7) is 2.44. The van der Waals surface area contributed by atoms with Crippen LogP contribution in [0, 0.1) is 0 Å². The quantitative estimate of drug-likeness (QED) is 0.704. The van der Waals surface area contributed by atoms with Crippen molar-refractivity contribution in [3.8, 4) is 0 Å². The second-order valence-corrected chi connectivity index (χ2v) is 8.95. The lowest BCUT2D eigenvalue weighted by Gasteiger charge is -2.33. The highest BCUT2D eigenvalue weighted by Crippen LogP contribution is 2.21. The minimum absolute atomic E-state index is 0.116. The summed E-state index contributed by atoms with van der Waals surface area (Å²) >= 11 is 1.60. The number of ether oxygens (including phenoxy) is 1. The molecule has 2 rings (SSSR count). The molecule has 25 heavy (non-hydrogen) atoms. The van der Waals surface area contributed by atoms with Gasteiger partial charge in [0.15, 0.2) is 0 Å². The Bertz CT molecular complexity index is 731. The molecule has 1 fully saturated rings. The van der Waals surface area contributed by atoms with Gasteiger partial charge in [-0.3, -0.25) is 4.79 Å². The first-order chi connectivity index (χ1) is 11.8. The molecular formula is C16H22N2O5S2. The van der Waals surface area contributed by atoms with Crippen molar-refractivity contribution < 1.29 is 22.7 Å². The van der Waals surface area contributed by atoms with Crippen LogP contribution in [0.15, 0.2) is 29.2 Å². The van der Waals surface area contributed by atoms with Crippen LogP contribution >= 0.6 is 11.8 Å². The summed E-state index contributed by atoms with van der Waals surface area (Å²) in [7, 11) is -0.648. The van der Waals surface area contributed by atoms with Gasteiger partial charge < -0.3 is 9.64 Å². The van der Waals surface area contributed by atoms with Gasteiger partial charge in [0.25, 0.3) is 5.91 Å². The van der Waals surface area contributed by atoms with E-state index in [4.69, 9.17) is 4.74 Å². The molecule has 1 aromatic rings. The van der Waals surface area contributed by atoms with Gasteiger partial charge >= 0.3 is 5.97 Å². The van der Waals surface area contributed by atoms with Crippen LogP contribution in [0.3, 0.4) is 0 Å². The Labute approximate surface area is 152 Å². The Hall–Kier alpha value is -1.58. The number of hydrogen-bond donors (Lipinski definition) is 0. The standard InChI is InChI=1S/C16H22N2O5S2/c1-4-23-16(20)14-11-24-10-9-18(14)15(19)12-5-7-13(8-6-12)25(21,22)17(2)3/h5-8,14H,4,9-11H2,1-3H3. The molecule has 0 N–H and O–H groups in total. The number of benzene rings is 1.